The molecule has 0 aliphatic carbocycles. The number of nitrogens with zero attached hydrogens (tertiary/aromatic N) is 5. The lowest BCUT2D eigenvalue weighted by Gasteiger charge is -2.19. The molecule has 1 aromatic rings. The Morgan fingerprint density at radius 3 is 2.78 bits per heavy atom. The third-order valence-electron chi connectivity index (χ3n) is 3.53. The van der Waals surface area contributed by atoms with Gasteiger partial charge in [0, 0.05) is 18.0 Å². The summed E-state index contributed by atoms with van der Waals surface area (Å²) in [6, 6.07) is 0. The third kappa shape index (κ3) is 4.40. The van der Waals surface area contributed by atoms with Crippen LogP contribution >= 0.6 is 11.8 Å². The monoisotopic (exact) mass is 337 g/mol. The molecule has 0 spiro atoms. The summed E-state index contributed by atoms with van der Waals surface area (Å²) in [6.07, 6.45) is 3.59. The van der Waals surface area contributed by atoms with Gasteiger partial charge in [-0.15, -0.1) is 5.10 Å². The highest BCUT2D eigenvalue weighted by atomic mass is 32.2. The number of aromatic nitrogens is 4. The average molecular weight is 337 g/mol. The summed E-state index contributed by atoms with van der Waals surface area (Å²) in [7, 11) is 0. The first-order valence-corrected chi connectivity index (χ1v) is 8.76. The molecule has 0 atom stereocenters. The minimum atomic E-state index is -0.465. The zero-order valence-corrected chi connectivity index (χ0v) is 14.9. The first kappa shape index (κ1) is 17.7. The first-order chi connectivity index (χ1) is 10.8. The van der Waals surface area contributed by atoms with Crippen molar-refractivity contribution < 1.29 is 9.59 Å². The van der Waals surface area contributed by atoms with Crippen LogP contribution in [0.4, 0.5) is 0 Å². The zero-order chi connectivity index (χ0) is 17.0. The van der Waals surface area contributed by atoms with Gasteiger partial charge in [-0.1, -0.05) is 45.9 Å². The van der Waals surface area contributed by atoms with E-state index < -0.39 is 5.41 Å². The van der Waals surface area contributed by atoms with E-state index in [1.807, 2.05) is 20.8 Å². The Morgan fingerprint density at radius 1 is 1.39 bits per heavy atom. The van der Waals surface area contributed by atoms with Crippen molar-refractivity contribution in [1.29, 1.82) is 0 Å². The molecule has 8 heteroatoms. The van der Waals surface area contributed by atoms with Crippen molar-refractivity contribution in [3.05, 3.63) is 16.9 Å². The molecule has 1 aromatic heterocycles. The predicted octanol–water partition coefficient (Wildman–Crippen LogP) is 2.01. The smallest absolute Gasteiger partial charge is 0.238 e. The quantitative estimate of drug-likeness (QED) is 0.739. The number of hydrogen-bond acceptors (Lipinski definition) is 6. The van der Waals surface area contributed by atoms with Gasteiger partial charge in [0.05, 0.1) is 17.3 Å². The van der Waals surface area contributed by atoms with Crippen molar-refractivity contribution in [2.45, 2.75) is 53.6 Å². The van der Waals surface area contributed by atoms with Gasteiger partial charge in [-0.25, -0.2) is 4.68 Å². The molecule has 0 unspecified atom stereocenters. The van der Waals surface area contributed by atoms with Crippen LogP contribution in [0.15, 0.2) is 11.1 Å². The van der Waals surface area contributed by atoms with Crippen LogP contribution in [-0.2, 0) is 22.7 Å². The molecular formula is C15H23N5O2S. The molecule has 1 fully saturated rings. The summed E-state index contributed by atoms with van der Waals surface area (Å²) in [5, 5.41) is 12.4. The summed E-state index contributed by atoms with van der Waals surface area (Å²) in [5.74, 6) is 0.974. The van der Waals surface area contributed by atoms with Gasteiger partial charge in [0.15, 0.2) is 11.6 Å². The number of thioether (sulfide) groups is 1. The molecule has 0 bridgehead atoms. The van der Waals surface area contributed by atoms with E-state index in [1.54, 1.807) is 15.7 Å². The summed E-state index contributed by atoms with van der Waals surface area (Å²) in [6.45, 7) is 8.72. The number of tetrazole rings is 1. The van der Waals surface area contributed by atoms with E-state index in [4.69, 9.17) is 0 Å². The highest BCUT2D eigenvalue weighted by Crippen LogP contribution is 2.31. The number of aryl methyl sites for hydroxylation is 1. The minimum Gasteiger partial charge on any atom is -0.298 e. The number of carbonyl (C=O) groups excluding carboxylic acids is 2. The van der Waals surface area contributed by atoms with E-state index in [2.05, 4.69) is 22.4 Å². The average Bonchev–Trinajstić information content (AvgIpc) is 3.05. The molecular weight excluding hydrogens is 314 g/mol. The SMILES string of the molecule is CCCCn1nnnc1CN1C(=O)CSC1=CC(=O)C(C)(C)C. The van der Waals surface area contributed by atoms with Crippen molar-refractivity contribution in [2.24, 2.45) is 5.41 Å². The fourth-order valence-corrected chi connectivity index (χ4v) is 2.93. The van der Waals surface area contributed by atoms with Crippen molar-refractivity contribution >= 4 is 23.5 Å². The second kappa shape index (κ2) is 7.25. The van der Waals surface area contributed by atoms with Crippen LogP contribution in [0.1, 0.15) is 46.4 Å². The van der Waals surface area contributed by atoms with Crippen LogP contribution in [0, 0.1) is 5.41 Å². The topological polar surface area (TPSA) is 81.0 Å². The Balaban J connectivity index is 2.16. The fraction of sp³-hybridized carbons (Fsp3) is 0.667. The minimum absolute atomic E-state index is 0.00488. The van der Waals surface area contributed by atoms with Crippen LogP contribution in [0.5, 0.6) is 0 Å². The van der Waals surface area contributed by atoms with Gasteiger partial charge < -0.3 is 0 Å². The van der Waals surface area contributed by atoms with Crippen molar-refractivity contribution in [3.63, 3.8) is 0 Å². The molecule has 2 heterocycles. The van der Waals surface area contributed by atoms with Crippen LogP contribution in [0.2, 0.25) is 0 Å². The lowest BCUT2D eigenvalue weighted by molar-refractivity contribution is -0.126. The number of amides is 1. The predicted molar refractivity (Wildman–Crippen MR) is 88.3 cm³/mol. The molecule has 1 saturated heterocycles. The number of unbranched alkanes of at least 4 members (excludes halogenated alkanes) is 1. The Morgan fingerprint density at radius 2 is 2.13 bits per heavy atom. The number of allylic oxidation sites excluding steroid dienone is 1. The summed E-state index contributed by atoms with van der Waals surface area (Å²) < 4.78 is 1.73. The molecule has 0 saturated carbocycles. The van der Waals surface area contributed by atoms with Crippen LogP contribution < -0.4 is 0 Å². The maximum absolute atomic E-state index is 12.2. The Hall–Kier alpha value is -1.70. The zero-order valence-electron chi connectivity index (χ0n) is 14.1. The number of rotatable bonds is 6. The van der Waals surface area contributed by atoms with E-state index in [0.29, 0.717) is 23.2 Å². The van der Waals surface area contributed by atoms with Crippen molar-refractivity contribution in [2.75, 3.05) is 5.75 Å². The molecule has 0 radical (unpaired) electrons. The van der Waals surface area contributed by atoms with E-state index in [1.165, 1.54) is 11.8 Å². The molecule has 0 N–H and O–H groups in total. The van der Waals surface area contributed by atoms with Gasteiger partial charge >= 0.3 is 0 Å². The maximum atomic E-state index is 12.2. The number of hydrogen-bond donors (Lipinski definition) is 0. The molecule has 2 rings (SSSR count). The first-order valence-electron chi connectivity index (χ1n) is 7.77. The second-order valence-electron chi connectivity index (χ2n) is 6.54. The van der Waals surface area contributed by atoms with Gasteiger partial charge in [-0.3, -0.25) is 14.5 Å². The highest BCUT2D eigenvalue weighted by molar-refractivity contribution is 8.04. The second-order valence-corrected chi connectivity index (χ2v) is 7.53. The standard InChI is InChI=1S/C15H23N5O2S/c1-5-6-7-20-12(16-17-18-20)9-19-13(22)10-23-14(19)8-11(21)15(2,3)4/h8H,5-7,9-10H2,1-4H3. The van der Waals surface area contributed by atoms with Crippen LogP contribution in [0.25, 0.3) is 0 Å². The molecule has 1 aliphatic heterocycles. The Bertz CT molecular complexity index is 618. The maximum Gasteiger partial charge on any atom is 0.238 e. The van der Waals surface area contributed by atoms with E-state index in [0.717, 1.165) is 19.4 Å². The van der Waals surface area contributed by atoms with E-state index in [-0.39, 0.29) is 11.7 Å². The Labute approximate surface area is 140 Å². The van der Waals surface area contributed by atoms with Gasteiger partial charge in [-0.05, 0) is 16.8 Å². The third-order valence-corrected chi connectivity index (χ3v) is 4.56. The number of ketones is 1. The van der Waals surface area contributed by atoms with E-state index >= 15 is 0 Å². The molecule has 1 aliphatic rings. The molecule has 126 valence electrons. The highest BCUT2D eigenvalue weighted by Gasteiger charge is 2.30. The number of carbonyl (C=O) groups is 2. The van der Waals surface area contributed by atoms with Gasteiger partial charge in [0.25, 0.3) is 0 Å². The Kier molecular flexibility index (Phi) is 5.56. The molecule has 0 aromatic carbocycles. The molecule has 7 nitrogen and oxygen atoms in total. The largest absolute Gasteiger partial charge is 0.298 e. The van der Waals surface area contributed by atoms with Gasteiger partial charge in [0.2, 0.25) is 5.91 Å². The lowest BCUT2D eigenvalue weighted by Crippen LogP contribution is -2.27. The van der Waals surface area contributed by atoms with Crippen LogP contribution in [0.3, 0.4) is 0 Å². The fourth-order valence-electron chi connectivity index (χ4n) is 1.99. The normalized spacial score (nSPS) is 17.3. The molecule has 23 heavy (non-hydrogen) atoms. The summed E-state index contributed by atoms with van der Waals surface area (Å²) >= 11 is 1.39. The lowest BCUT2D eigenvalue weighted by atomic mass is 9.91. The van der Waals surface area contributed by atoms with E-state index in [9.17, 15) is 9.59 Å². The molecule has 1 amide bonds. The van der Waals surface area contributed by atoms with Crippen molar-refractivity contribution in [1.82, 2.24) is 25.1 Å². The van der Waals surface area contributed by atoms with Crippen LogP contribution in [-0.4, -0.2) is 42.6 Å². The summed E-state index contributed by atoms with van der Waals surface area (Å²) in [4.78, 5) is 26.0. The summed E-state index contributed by atoms with van der Waals surface area (Å²) in [5.41, 5.74) is -0.465. The van der Waals surface area contributed by atoms with Gasteiger partial charge in [0.1, 0.15) is 0 Å². The van der Waals surface area contributed by atoms with Crippen molar-refractivity contribution in [3.8, 4) is 0 Å². The van der Waals surface area contributed by atoms with Gasteiger partial charge in [-0.2, -0.15) is 0 Å².